The molecular weight excluding hydrogens is 312 g/mol. The first-order chi connectivity index (χ1) is 8.67. The molecule has 3 heteroatoms. The zero-order valence-electron chi connectivity index (χ0n) is 10.7. The second-order valence-corrected chi connectivity index (χ2v) is 6.61. The Hall–Kier alpha value is -0.0500. The summed E-state index contributed by atoms with van der Waals surface area (Å²) < 4.78 is 6.69. The van der Waals surface area contributed by atoms with Gasteiger partial charge in [0.05, 0.1) is 6.10 Å². The summed E-state index contributed by atoms with van der Waals surface area (Å²) in [4.78, 5) is 0. The van der Waals surface area contributed by atoms with Gasteiger partial charge in [-0.15, -0.1) is 11.6 Å². The zero-order chi connectivity index (χ0) is 13.0. The smallest absolute Gasteiger partial charge is 0.0580 e. The zero-order valence-corrected chi connectivity index (χ0v) is 13.1. The van der Waals surface area contributed by atoms with Crippen LogP contribution in [-0.4, -0.2) is 18.1 Å². The quantitative estimate of drug-likeness (QED) is 0.680. The average Bonchev–Trinajstić information content (AvgIpc) is 2.29. The van der Waals surface area contributed by atoms with Crippen molar-refractivity contribution >= 4 is 27.5 Å². The van der Waals surface area contributed by atoms with Gasteiger partial charge in [-0.3, -0.25) is 0 Å². The number of halogens is 2. The van der Waals surface area contributed by atoms with Gasteiger partial charge in [-0.25, -0.2) is 0 Å². The van der Waals surface area contributed by atoms with Crippen LogP contribution in [0.25, 0.3) is 0 Å². The predicted octanol–water partition coefficient (Wildman–Crippen LogP) is 4.80. The SMILES string of the molecule is CCOC1CC(CC(Cl)Cc2ccc(Br)cc2)C1. The third-order valence-corrected chi connectivity index (χ3v) is 4.42. The van der Waals surface area contributed by atoms with Crippen LogP contribution in [0, 0.1) is 5.92 Å². The molecule has 100 valence electrons. The summed E-state index contributed by atoms with van der Waals surface area (Å²) in [5, 5.41) is 0.249. The highest BCUT2D eigenvalue weighted by atomic mass is 79.9. The van der Waals surface area contributed by atoms with Crippen molar-refractivity contribution in [3.8, 4) is 0 Å². The highest BCUT2D eigenvalue weighted by Gasteiger charge is 2.30. The molecule has 0 heterocycles. The first kappa shape index (κ1) is 14.4. The summed E-state index contributed by atoms with van der Waals surface area (Å²) in [5.74, 6) is 0.763. The van der Waals surface area contributed by atoms with Crippen LogP contribution < -0.4 is 0 Å². The fourth-order valence-electron chi connectivity index (χ4n) is 2.56. The molecule has 18 heavy (non-hydrogen) atoms. The Balaban J connectivity index is 1.70. The topological polar surface area (TPSA) is 9.23 Å². The predicted molar refractivity (Wildman–Crippen MR) is 80.2 cm³/mol. The monoisotopic (exact) mass is 330 g/mol. The van der Waals surface area contributed by atoms with Crippen molar-refractivity contribution in [2.75, 3.05) is 6.61 Å². The van der Waals surface area contributed by atoms with Crippen LogP contribution in [-0.2, 0) is 11.2 Å². The van der Waals surface area contributed by atoms with Crippen LogP contribution in [0.1, 0.15) is 31.7 Å². The third kappa shape index (κ3) is 4.25. The van der Waals surface area contributed by atoms with E-state index in [0.717, 1.165) is 29.8 Å². The number of hydrogen-bond donors (Lipinski definition) is 0. The van der Waals surface area contributed by atoms with Crippen LogP contribution >= 0.6 is 27.5 Å². The minimum Gasteiger partial charge on any atom is -0.378 e. The molecule has 1 nitrogen and oxygen atoms in total. The van der Waals surface area contributed by atoms with E-state index in [4.69, 9.17) is 16.3 Å². The first-order valence-electron chi connectivity index (χ1n) is 6.67. The van der Waals surface area contributed by atoms with Gasteiger partial charge in [0.25, 0.3) is 0 Å². The molecule has 0 amide bonds. The Morgan fingerprint density at radius 1 is 1.33 bits per heavy atom. The van der Waals surface area contributed by atoms with Crippen molar-refractivity contribution in [1.82, 2.24) is 0 Å². The minimum absolute atomic E-state index is 0.249. The summed E-state index contributed by atoms with van der Waals surface area (Å²) in [7, 11) is 0. The summed E-state index contributed by atoms with van der Waals surface area (Å²) in [5.41, 5.74) is 1.32. The van der Waals surface area contributed by atoms with Crippen LogP contribution in [0.15, 0.2) is 28.7 Å². The van der Waals surface area contributed by atoms with Gasteiger partial charge in [0.2, 0.25) is 0 Å². The lowest BCUT2D eigenvalue weighted by Crippen LogP contribution is -2.33. The molecule has 1 atom stereocenters. The molecule has 0 aromatic heterocycles. The van der Waals surface area contributed by atoms with E-state index in [9.17, 15) is 0 Å². The van der Waals surface area contributed by atoms with E-state index in [1.54, 1.807) is 0 Å². The highest BCUT2D eigenvalue weighted by Crippen LogP contribution is 2.35. The van der Waals surface area contributed by atoms with Gasteiger partial charge in [0, 0.05) is 16.5 Å². The molecule has 0 radical (unpaired) electrons. The molecule has 0 bridgehead atoms. The molecular formula is C15H20BrClO. The fourth-order valence-corrected chi connectivity index (χ4v) is 3.25. The average molecular weight is 332 g/mol. The van der Waals surface area contributed by atoms with Crippen LogP contribution in [0.5, 0.6) is 0 Å². The van der Waals surface area contributed by atoms with Gasteiger partial charge in [-0.1, -0.05) is 28.1 Å². The standard InChI is InChI=1S/C15H20BrClO/c1-2-18-15-9-12(10-15)8-14(17)7-11-3-5-13(16)6-4-11/h3-6,12,14-15H,2,7-10H2,1H3. The summed E-state index contributed by atoms with van der Waals surface area (Å²) in [6.07, 6.45) is 4.96. The first-order valence-corrected chi connectivity index (χ1v) is 7.90. The number of hydrogen-bond acceptors (Lipinski definition) is 1. The molecule has 1 unspecified atom stereocenters. The minimum atomic E-state index is 0.249. The maximum Gasteiger partial charge on any atom is 0.0580 e. The molecule has 1 aliphatic carbocycles. The Labute approximate surface area is 123 Å². The number of rotatable bonds is 6. The molecule has 2 rings (SSSR count). The van der Waals surface area contributed by atoms with E-state index in [0.29, 0.717) is 6.10 Å². The molecule has 0 N–H and O–H groups in total. The van der Waals surface area contributed by atoms with Crippen molar-refractivity contribution in [2.45, 2.75) is 44.1 Å². The van der Waals surface area contributed by atoms with Crippen molar-refractivity contribution in [3.05, 3.63) is 34.3 Å². The summed E-state index contributed by atoms with van der Waals surface area (Å²) in [6, 6.07) is 8.44. The molecule has 1 aromatic rings. The van der Waals surface area contributed by atoms with Gasteiger partial charge < -0.3 is 4.74 Å². The second-order valence-electron chi connectivity index (χ2n) is 5.08. The largest absolute Gasteiger partial charge is 0.378 e. The van der Waals surface area contributed by atoms with Crippen molar-refractivity contribution in [3.63, 3.8) is 0 Å². The van der Waals surface area contributed by atoms with Gasteiger partial charge in [0.1, 0.15) is 0 Å². The fraction of sp³-hybridized carbons (Fsp3) is 0.600. The Bertz CT molecular complexity index is 359. The lowest BCUT2D eigenvalue weighted by molar-refractivity contribution is -0.0266. The molecule has 1 aliphatic rings. The Kier molecular flexibility index (Phi) is 5.53. The van der Waals surface area contributed by atoms with Crippen LogP contribution in [0.2, 0.25) is 0 Å². The van der Waals surface area contributed by atoms with E-state index >= 15 is 0 Å². The van der Waals surface area contributed by atoms with Crippen molar-refractivity contribution in [2.24, 2.45) is 5.92 Å². The molecule has 0 saturated heterocycles. The molecule has 1 fully saturated rings. The van der Waals surface area contributed by atoms with Crippen LogP contribution in [0.4, 0.5) is 0 Å². The number of ether oxygens (including phenoxy) is 1. The van der Waals surface area contributed by atoms with E-state index < -0.39 is 0 Å². The van der Waals surface area contributed by atoms with Gasteiger partial charge in [-0.05, 0) is 56.2 Å². The lowest BCUT2D eigenvalue weighted by Gasteiger charge is -2.36. The van der Waals surface area contributed by atoms with E-state index in [1.165, 1.54) is 18.4 Å². The van der Waals surface area contributed by atoms with Crippen molar-refractivity contribution < 1.29 is 4.74 Å². The third-order valence-electron chi connectivity index (χ3n) is 3.55. The maximum absolute atomic E-state index is 6.43. The molecule has 0 spiro atoms. The number of benzene rings is 1. The molecule has 1 aromatic carbocycles. The molecule has 0 aliphatic heterocycles. The summed E-state index contributed by atoms with van der Waals surface area (Å²) >= 11 is 9.88. The van der Waals surface area contributed by atoms with Gasteiger partial charge in [-0.2, -0.15) is 0 Å². The van der Waals surface area contributed by atoms with Crippen molar-refractivity contribution in [1.29, 1.82) is 0 Å². The Morgan fingerprint density at radius 3 is 2.61 bits per heavy atom. The Morgan fingerprint density at radius 2 is 2.00 bits per heavy atom. The van der Waals surface area contributed by atoms with Gasteiger partial charge >= 0.3 is 0 Å². The summed E-state index contributed by atoms with van der Waals surface area (Å²) in [6.45, 7) is 2.89. The number of alkyl halides is 1. The highest BCUT2D eigenvalue weighted by molar-refractivity contribution is 9.10. The van der Waals surface area contributed by atoms with E-state index in [-0.39, 0.29) is 5.38 Å². The van der Waals surface area contributed by atoms with Gasteiger partial charge in [0.15, 0.2) is 0 Å². The van der Waals surface area contributed by atoms with E-state index in [2.05, 4.69) is 47.1 Å². The van der Waals surface area contributed by atoms with Crippen LogP contribution in [0.3, 0.4) is 0 Å². The molecule has 1 saturated carbocycles. The second kappa shape index (κ2) is 6.93. The van der Waals surface area contributed by atoms with E-state index in [1.807, 2.05) is 0 Å². The lowest BCUT2D eigenvalue weighted by atomic mass is 9.78. The maximum atomic E-state index is 6.43. The normalized spacial score (nSPS) is 24.6.